The molecule has 4 aromatic rings. The summed E-state index contributed by atoms with van der Waals surface area (Å²) in [7, 11) is 4.65. The summed E-state index contributed by atoms with van der Waals surface area (Å²) in [5.74, 6) is 1.68. The fourth-order valence-electron chi connectivity index (χ4n) is 3.39. The number of carbonyl (C=O) groups is 1. The standard InChI is InChI=1S/C25H22N2O5S/c1-30-18-11-9-17(10-12-18)27-24(29)19-6-4-5-7-20(19)26-25(27)33-15-21(28)16-8-13-22(31-2)23(14-16)32-3/h4-14H,15H2,1-3H3. The van der Waals surface area contributed by atoms with Crippen molar-refractivity contribution in [3.63, 3.8) is 0 Å². The van der Waals surface area contributed by atoms with Crippen LogP contribution in [0.5, 0.6) is 17.2 Å². The molecule has 168 valence electrons. The summed E-state index contributed by atoms with van der Waals surface area (Å²) in [6.07, 6.45) is 0. The van der Waals surface area contributed by atoms with Crippen molar-refractivity contribution in [2.45, 2.75) is 5.16 Å². The number of rotatable bonds is 8. The zero-order valence-electron chi connectivity index (χ0n) is 18.4. The molecule has 3 aromatic carbocycles. The molecule has 0 bridgehead atoms. The molecule has 0 aliphatic carbocycles. The van der Waals surface area contributed by atoms with Gasteiger partial charge in [0, 0.05) is 5.56 Å². The Bertz CT molecular complexity index is 1370. The number of ether oxygens (including phenoxy) is 3. The fourth-order valence-corrected chi connectivity index (χ4v) is 4.30. The van der Waals surface area contributed by atoms with Crippen LogP contribution in [0, 0.1) is 0 Å². The number of hydrogen-bond acceptors (Lipinski definition) is 7. The van der Waals surface area contributed by atoms with Crippen molar-refractivity contribution in [3.05, 3.63) is 82.6 Å². The van der Waals surface area contributed by atoms with Crippen LogP contribution in [-0.2, 0) is 0 Å². The molecule has 8 heteroatoms. The monoisotopic (exact) mass is 462 g/mol. The second kappa shape index (κ2) is 9.79. The van der Waals surface area contributed by atoms with Gasteiger partial charge in [-0.05, 0) is 54.6 Å². The maximum Gasteiger partial charge on any atom is 0.266 e. The Balaban J connectivity index is 1.71. The molecule has 0 saturated heterocycles. The summed E-state index contributed by atoms with van der Waals surface area (Å²) in [6, 6.07) is 19.3. The van der Waals surface area contributed by atoms with Crippen LogP contribution in [0.15, 0.2) is 76.7 Å². The van der Waals surface area contributed by atoms with E-state index in [1.807, 2.05) is 6.07 Å². The van der Waals surface area contributed by atoms with E-state index >= 15 is 0 Å². The maximum atomic E-state index is 13.3. The van der Waals surface area contributed by atoms with Crippen molar-refractivity contribution < 1.29 is 19.0 Å². The molecule has 1 aromatic heterocycles. The van der Waals surface area contributed by atoms with E-state index in [1.54, 1.807) is 74.9 Å². The van der Waals surface area contributed by atoms with E-state index in [1.165, 1.54) is 23.4 Å². The van der Waals surface area contributed by atoms with Gasteiger partial charge < -0.3 is 14.2 Å². The van der Waals surface area contributed by atoms with Crippen molar-refractivity contribution in [3.8, 4) is 22.9 Å². The zero-order valence-corrected chi connectivity index (χ0v) is 19.2. The topological polar surface area (TPSA) is 79.7 Å². The van der Waals surface area contributed by atoms with Crippen LogP contribution in [0.3, 0.4) is 0 Å². The summed E-state index contributed by atoms with van der Waals surface area (Å²) in [6.45, 7) is 0. The molecule has 0 amide bonds. The minimum Gasteiger partial charge on any atom is -0.497 e. The van der Waals surface area contributed by atoms with Gasteiger partial charge in [0.1, 0.15) is 5.75 Å². The molecule has 0 saturated carbocycles. The quantitative estimate of drug-likeness (QED) is 0.218. The van der Waals surface area contributed by atoms with Crippen LogP contribution in [0.1, 0.15) is 10.4 Å². The van der Waals surface area contributed by atoms with Crippen LogP contribution in [0.2, 0.25) is 0 Å². The molecular formula is C25H22N2O5S. The predicted molar refractivity (Wildman–Crippen MR) is 128 cm³/mol. The van der Waals surface area contributed by atoms with Gasteiger partial charge in [0.25, 0.3) is 5.56 Å². The molecule has 7 nitrogen and oxygen atoms in total. The molecule has 0 N–H and O–H groups in total. The van der Waals surface area contributed by atoms with Gasteiger partial charge in [-0.3, -0.25) is 14.2 Å². The van der Waals surface area contributed by atoms with Crippen LogP contribution in [0.4, 0.5) is 0 Å². The average Bonchev–Trinajstić information content (AvgIpc) is 2.87. The van der Waals surface area contributed by atoms with Crippen molar-refractivity contribution in [2.75, 3.05) is 27.1 Å². The van der Waals surface area contributed by atoms with Gasteiger partial charge in [-0.25, -0.2) is 4.98 Å². The van der Waals surface area contributed by atoms with Crippen molar-refractivity contribution >= 4 is 28.4 Å². The smallest absolute Gasteiger partial charge is 0.266 e. The Hall–Kier alpha value is -3.78. The lowest BCUT2D eigenvalue weighted by molar-refractivity contribution is 0.102. The normalized spacial score (nSPS) is 10.8. The Kier molecular flexibility index (Phi) is 6.65. The first-order valence-corrected chi connectivity index (χ1v) is 11.1. The number of aromatic nitrogens is 2. The van der Waals surface area contributed by atoms with Gasteiger partial charge in [-0.15, -0.1) is 0 Å². The van der Waals surface area contributed by atoms with E-state index in [4.69, 9.17) is 14.2 Å². The lowest BCUT2D eigenvalue weighted by atomic mass is 10.1. The molecular weight excluding hydrogens is 440 g/mol. The number of fused-ring (bicyclic) bond motifs is 1. The highest BCUT2D eigenvalue weighted by Gasteiger charge is 2.17. The molecule has 0 unspecified atom stereocenters. The van der Waals surface area contributed by atoms with Gasteiger partial charge in [0.05, 0.1) is 43.7 Å². The third-order valence-corrected chi connectivity index (χ3v) is 6.05. The molecule has 4 rings (SSSR count). The Morgan fingerprint density at radius 3 is 2.33 bits per heavy atom. The lowest BCUT2D eigenvalue weighted by Crippen LogP contribution is -2.22. The molecule has 0 atom stereocenters. The number of nitrogens with zero attached hydrogens (tertiary/aromatic N) is 2. The molecule has 0 radical (unpaired) electrons. The third kappa shape index (κ3) is 4.56. The summed E-state index contributed by atoms with van der Waals surface area (Å²) in [5, 5.41) is 0.932. The first kappa shape index (κ1) is 22.4. The maximum absolute atomic E-state index is 13.3. The van der Waals surface area contributed by atoms with E-state index in [9.17, 15) is 9.59 Å². The second-order valence-electron chi connectivity index (χ2n) is 7.03. The summed E-state index contributed by atoms with van der Waals surface area (Å²) >= 11 is 1.21. The van der Waals surface area contributed by atoms with Crippen LogP contribution >= 0.6 is 11.8 Å². The highest BCUT2D eigenvalue weighted by atomic mass is 32.2. The number of para-hydroxylation sites is 1. The van der Waals surface area contributed by atoms with Gasteiger partial charge in [-0.2, -0.15) is 0 Å². The summed E-state index contributed by atoms with van der Waals surface area (Å²) < 4.78 is 17.3. The van der Waals surface area contributed by atoms with Crippen LogP contribution in [0.25, 0.3) is 16.6 Å². The SMILES string of the molecule is COc1ccc(-n2c(SCC(=O)c3ccc(OC)c(OC)c3)nc3ccccc3c2=O)cc1. The Morgan fingerprint density at radius 1 is 0.909 bits per heavy atom. The average molecular weight is 463 g/mol. The predicted octanol–water partition coefficient (Wildman–Crippen LogP) is 4.39. The molecule has 33 heavy (non-hydrogen) atoms. The highest BCUT2D eigenvalue weighted by molar-refractivity contribution is 7.99. The largest absolute Gasteiger partial charge is 0.497 e. The minimum atomic E-state index is -0.202. The summed E-state index contributed by atoms with van der Waals surface area (Å²) in [4.78, 5) is 30.9. The van der Waals surface area contributed by atoms with Gasteiger partial charge in [0.15, 0.2) is 22.4 Å². The van der Waals surface area contributed by atoms with E-state index in [2.05, 4.69) is 4.98 Å². The Morgan fingerprint density at radius 2 is 1.64 bits per heavy atom. The van der Waals surface area contributed by atoms with Crippen molar-refractivity contribution in [1.82, 2.24) is 9.55 Å². The first-order valence-electron chi connectivity index (χ1n) is 10.1. The van der Waals surface area contributed by atoms with Gasteiger partial charge in [0.2, 0.25) is 0 Å². The molecule has 0 fully saturated rings. The molecule has 1 heterocycles. The van der Waals surface area contributed by atoms with Crippen LogP contribution in [-0.4, -0.2) is 42.4 Å². The Labute approximate surface area is 194 Å². The van der Waals surface area contributed by atoms with E-state index in [0.717, 1.165) is 0 Å². The highest BCUT2D eigenvalue weighted by Crippen LogP contribution is 2.29. The first-order chi connectivity index (χ1) is 16.0. The number of ketones is 1. The van der Waals surface area contributed by atoms with Crippen molar-refractivity contribution in [1.29, 1.82) is 0 Å². The summed E-state index contributed by atoms with van der Waals surface area (Å²) in [5.41, 5.74) is 1.50. The lowest BCUT2D eigenvalue weighted by Gasteiger charge is -2.14. The van der Waals surface area contributed by atoms with Gasteiger partial charge >= 0.3 is 0 Å². The number of hydrogen-bond donors (Lipinski definition) is 0. The number of benzene rings is 3. The molecule has 0 aliphatic rings. The number of Topliss-reactive ketones (excluding diaryl/α,β-unsaturated/α-hetero) is 1. The van der Waals surface area contributed by atoms with E-state index in [-0.39, 0.29) is 17.1 Å². The number of thioether (sulfide) groups is 1. The fraction of sp³-hybridized carbons (Fsp3) is 0.160. The third-order valence-electron chi connectivity index (χ3n) is 5.11. The molecule has 0 aliphatic heterocycles. The van der Waals surface area contributed by atoms with Crippen LogP contribution < -0.4 is 19.8 Å². The van der Waals surface area contributed by atoms with Crippen molar-refractivity contribution in [2.24, 2.45) is 0 Å². The van der Waals surface area contributed by atoms with E-state index < -0.39 is 0 Å². The second-order valence-corrected chi connectivity index (χ2v) is 7.97. The molecule has 0 spiro atoms. The zero-order chi connectivity index (χ0) is 23.4. The van der Waals surface area contributed by atoms with E-state index in [0.29, 0.717) is 44.6 Å². The number of methoxy groups -OCH3 is 3. The number of carbonyl (C=O) groups excluding carboxylic acids is 1. The van der Waals surface area contributed by atoms with Gasteiger partial charge in [-0.1, -0.05) is 23.9 Å². The minimum absolute atomic E-state index is 0.0937.